The van der Waals surface area contributed by atoms with E-state index in [4.69, 9.17) is 9.47 Å². The fourth-order valence-corrected chi connectivity index (χ4v) is 2.24. The van der Waals surface area contributed by atoms with Crippen molar-refractivity contribution in [3.8, 4) is 17.6 Å². The zero-order valence-corrected chi connectivity index (χ0v) is 13.0. The van der Waals surface area contributed by atoms with E-state index in [-0.39, 0.29) is 12.1 Å². The maximum atomic E-state index is 9.42. The number of hydrogen-bond donors (Lipinski definition) is 1. The van der Waals surface area contributed by atoms with Crippen molar-refractivity contribution in [3.63, 3.8) is 0 Å². The number of rotatable bonds is 6. The second kappa shape index (κ2) is 7.48. The van der Waals surface area contributed by atoms with E-state index >= 15 is 0 Å². The number of hydrogen-bond acceptors (Lipinski definition) is 4. The second-order valence-electron chi connectivity index (χ2n) is 5.00. The van der Waals surface area contributed by atoms with Crippen molar-refractivity contribution >= 4 is 0 Å². The lowest BCUT2D eigenvalue weighted by molar-refractivity contribution is 0.414. The molecule has 114 valence electrons. The number of nitriles is 1. The van der Waals surface area contributed by atoms with Gasteiger partial charge in [0.25, 0.3) is 0 Å². The highest BCUT2D eigenvalue weighted by atomic mass is 16.5. The summed E-state index contributed by atoms with van der Waals surface area (Å²) < 4.78 is 10.3. The lowest BCUT2D eigenvalue weighted by atomic mass is 10.0. The molecule has 2 aromatic rings. The molecule has 0 aliphatic heterocycles. The Balaban J connectivity index is 2.09. The largest absolute Gasteiger partial charge is 0.497 e. The minimum atomic E-state index is -0.372. The summed E-state index contributed by atoms with van der Waals surface area (Å²) in [5, 5.41) is 12.8. The van der Waals surface area contributed by atoms with Gasteiger partial charge in [0.15, 0.2) is 0 Å². The Morgan fingerprint density at radius 1 is 0.864 bits per heavy atom. The first-order valence-corrected chi connectivity index (χ1v) is 7.11. The third-order valence-electron chi connectivity index (χ3n) is 3.61. The van der Waals surface area contributed by atoms with Crippen LogP contribution in [-0.2, 0) is 0 Å². The molecule has 0 spiro atoms. The highest BCUT2D eigenvalue weighted by molar-refractivity contribution is 5.33. The van der Waals surface area contributed by atoms with Gasteiger partial charge in [0.2, 0.25) is 0 Å². The van der Waals surface area contributed by atoms with Crippen LogP contribution in [-0.4, -0.2) is 14.2 Å². The summed E-state index contributed by atoms with van der Waals surface area (Å²) in [4.78, 5) is 0. The summed E-state index contributed by atoms with van der Waals surface area (Å²) in [6, 6.07) is 17.3. The molecule has 0 heterocycles. The van der Waals surface area contributed by atoms with Gasteiger partial charge in [-0.25, -0.2) is 0 Å². The molecule has 0 saturated carbocycles. The van der Waals surface area contributed by atoms with E-state index in [1.807, 2.05) is 55.5 Å². The first-order chi connectivity index (χ1) is 10.7. The van der Waals surface area contributed by atoms with Crippen molar-refractivity contribution in [2.24, 2.45) is 0 Å². The van der Waals surface area contributed by atoms with Crippen LogP contribution in [0.5, 0.6) is 11.5 Å². The van der Waals surface area contributed by atoms with Crippen LogP contribution in [0.4, 0.5) is 0 Å². The average molecular weight is 296 g/mol. The van der Waals surface area contributed by atoms with Gasteiger partial charge in [-0.1, -0.05) is 24.3 Å². The van der Waals surface area contributed by atoms with Crippen LogP contribution in [0.15, 0.2) is 48.5 Å². The van der Waals surface area contributed by atoms with Gasteiger partial charge in [0, 0.05) is 6.04 Å². The predicted molar refractivity (Wildman–Crippen MR) is 85.9 cm³/mol. The van der Waals surface area contributed by atoms with E-state index in [0.29, 0.717) is 0 Å². The lowest BCUT2D eigenvalue weighted by Crippen LogP contribution is -2.23. The molecule has 0 fully saturated rings. The zero-order chi connectivity index (χ0) is 15.9. The highest BCUT2D eigenvalue weighted by Gasteiger charge is 2.15. The van der Waals surface area contributed by atoms with Gasteiger partial charge in [-0.15, -0.1) is 0 Å². The smallest absolute Gasteiger partial charge is 0.121 e. The second-order valence-corrected chi connectivity index (χ2v) is 5.00. The first-order valence-electron chi connectivity index (χ1n) is 7.11. The third-order valence-corrected chi connectivity index (χ3v) is 3.61. The van der Waals surface area contributed by atoms with Crippen LogP contribution in [0, 0.1) is 11.3 Å². The first kappa shape index (κ1) is 15.9. The minimum absolute atomic E-state index is 0.0534. The predicted octanol–water partition coefficient (Wildman–Crippen LogP) is 3.62. The molecule has 0 aliphatic carbocycles. The summed E-state index contributed by atoms with van der Waals surface area (Å²) in [6.45, 7) is 2.04. The van der Waals surface area contributed by atoms with E-state index in [1.165, 1.54) is 0 Å². The zero-order valence-electron chi connectivity index (χ0n) is 13.0. The highest BCUT2D eigenvalue weighted by Crippen LogP contribution is 2.22. The van der Waals surface area contributed by atoms with Gasteiger partial charge < -0.3 is 9.47 Å². The van der Waals surface area contributed by atoms with Gasteiger partial charge >= 0.3 is 0 Å². The molecular formula is C18H20N2O2. The fraction of sp³-hybridized carbons (Fsp3) is 0.278. The molecule has 4 nitrogen and oxygen atoms in total. The fourth-order valence-electron chi connectivity index (χ4n) is 2.24. The summed E-state index contributed by atoms with van der Waals surface area (Å²) >= 11 is 0. The molecule has 1 N–H and O–H groups in total. The number of benzene rings is 2. The number of nitrogens with zero attached hydrogens (tertiary/aromatic N) is 1. The Bertz CT molecular complexity index is 630. The molecule has 0 saturated heterocycles. The standard InChI is InChI=1S/C18H20N2O2/c1-13(14-4-8-16(21-2)9-5-14)20-18(12-19)15-6-10-17(22-3)11-7-15/h4-11,13,18,20H,1-3H3/t13-,18+/m0/s1. The van der Waals surface area contributed by atoms with Crippen LogP contribution in [0.1, 0.15) is 30.1 Å². The molecule has 0 amide bonds. The van der Waals surface area contributed by atoms with Crippen LogP contribution >= 0.6 is 0 Å². The Hall–Kier alpha value is -2.51. The molecule has 0 bridgehead atoms. The monoisotopic (exact) mass is 296 g/mol. The van der Waals surface area contributed by atoms with Crippen LogP contribution in [0.25, 0.3) is 0 Å². The third kappa shape index (κ3) is 3.78. The number of methoxy groups -OCH3 is 2. The molecular weight excluding hydrogens is 276 g/mol. The summed E-state index contributed by atoms with van der Waals surface area (Å²) in [6.07, 6.45) is 0. The summed E-state index contributed by atoms with van der Waals surface area (Å²) in [5.41, 5.74) is 2.03. The van der Waals surface area contributed by atoms with Gasteiger partial charge in [-0.2, -0.15) is 5.26 Å². The minimum Gasteiger partial charge on any atom is -0.497 e. The van der Waals surface area contributed by atoms with E-state index < -0.39 is 0 Å². The Morgan fingerprint density at radius 3 is 1.73 bits per heavy atom. The van der Waals surface area contributed by atoms with Gasteiger partial charge in [-0.05, 0) is 42.3 Å². The Kier molecular flexibility index (Phi) is 5.40. The van der Waals surface area contributed by atoms with Crippen molar-refractivity contribution in [2.45, 2.75) is 19.0 Å². The Morgan fingerprint density at radius 2 is 1.32 bits per heavy atom. The molecule has 2 atom stereocenters. The maximum Gasteiger partial charge on any atom is 0.121 e. The van der Waals surface area contributed by atoms with Crippen molar-refractivity contribution in [3.05, 3.63) is 59.7 Å². The van der Waals surface area contributed by atoms with Crippen LogP contribution in [0.2, 0.25) is 0 Å². The van der Waals surface area contributed by atoms with E-state index in [1.54, 1.807) is 14.2 Å². The molecule has 2 rings (SSSR count). The van der Waals surface area contributed by atoms with Crippen LogP contribution in [0.3, 0.4) is 0 Å². The molecule has 0 aromatic heterocycles. The molecule has 4 heteroatoms. The van der Waals surface area contributed by atoms with Gasteiger partial charge in [0.1, 0.15) is 17.5 Å². The van der Waals surface area contributed by atoms with E-state index in [9.17, 15) is 5.26 Å². The number of nitrogens with one attached hydrogen (secondary N) is 1. The van der Waals surface area contributed by atoms with Gasteiger partial charge in [0.05, 0.1) is 20.3 Å². The quantitative estimate of drug-likeness (QED) is 0.884. The molecule has 2 aromatic carbocycles. The topological polar surface area (TPSA) is 54.3 Å². The SMILES string of the molecule is COc1ccc([C@H](C)N[C@H](C#N)c2ccc(OC)cc2)cc1. The maximum absolute atomic E-state index is 9.42. The normalized spacial score (nSPS) is 13.0. The van der Waals surface area contributed by atoms with Crippen molar-refractivity contribution < 1.29 is 9.47 Å². The number of ether oxygens (including phenoxy) is 2. The average Bonchev–Trinajstić information content (AvgIpc) is 2.59. The Labute approximate surface area is 131 Å². The van der Waals surface area contributed by atoms with Gasteiger partial charge in [-0.3, -0.25) is 5.32 Å². The summed E-state index contributed by atoms with van der Waals surface area (Å²) in [5.74, 6) is 1.60. The van der Waals surface area contributed by atoms with Crippen molar-refractivity contribution in [1.82, 2.24) is 5.32 Å². The summed E-state index contributed by atoms with van der Waals surface area (Å²) in [7, 11) is 3.27. The van der Waals surface area contributed by atoms with Crippen molar-refractivity contribution in [1.29, 1.82) is 5.26 Å². The van der Waals surface area contributed by atoms with Crippen molar-refractivity contribution in [2.75, 3.05) is 14.2 Å². The van der Waals surface area contributed by atoms with Crippen LogP contribution < -0.4 is 14.8 Å². The lowest BCUT2D eigenvalue weighted by Gasteiger charge is -2.19. The van der Waals surface area contributed by atoms with E-state index in [0.717, 1.165) is 22.6 Å². The molecule has 0 unspecified atom stereocenters. The molecule has 0 aliphatic rings. The molecule has 0 radical (unpaired) electrons. The molecule has 22 heavy (non-hydrogen) atoms. The van der Waals surface area contributed by atoms with E-state index in [2.05, 4.69) is 11.4 Å².